The van der Waals surface area contributed by atoms with Gasteiger partial charge in [0.05, 0.1) is 21.3 Å². The Hall–Kier alpha value is -3.39. The van der Waals surface area contributed by atoms with Gasteiger partial charge < -0.3 is 25.3 Å². The smallest absolute Gasteiger partial charge is 0.255 e. The predicted molar refractivity (Wildman–Crippen MR) is 132 cm³/mol. The van der Waals surface area contributed by atoms with Gasteiger partial charge >= 0.3 is 0 Å². The van der Waals surface area contributed by atoms with Gasteiger partial charge in [0.1, 0.15) is 0 Å². The second-order valence-electron chi connectivity index (χ2n) is 6.64. The fourth-order valence-corrected chi connectivity index (χ4v) is 3.94. The highest BCUT2D eigenvalue weighted by Gasteiger charge is 2.19. The van der Waals surface area contributed by atoms with Crippen LogP contribution in [0.15, 0.2) is 64.8 Å². The van der Waals surface area contributed by atoms with Crippen LogP contribution in [0, 0.1) is 0 Å². The Morgan fingerprint density at radius 3 is 2.31 bits per heavy atom. The lowest BCUT2D eigenvalue weighted by molar-refractivity contribution is 0.102. The first-order valence-corrected chi connectivity index (χ1v) is 10.7. The van der Waals surface area contributed by atoms with Crippen molar-refractivity contribution in [3.8, 4) is 17.2 Å². The number of para-hydroxylation sites is 1. The third-order valence-corrected chi connectivity index (χ3v) is 5.76. The number of thioether (sulfide) groups is 1. The zero-order chi connectivity index (χ0) is 23.7. The Morgan fingerprint density at radius 2 is 1.78 bits per heavy atom. The molecule has 1 atom stereocenters. The van der Waals surface area contributed by atoms with Gasteiger partial charge in [0.2, 0.25) is 5.75 Å². The molecule has 1 unspecified atom stereocenters. The fraction of sp³-hybridized carbons (Fsp3) is 0.250. The van der Waals surface area contributed by atoms with Gasteiger partial charge in [-0.1, -0.05) is 24.8 Å². The number of hydrogen-bond donors (Lipinski definition) is 2. The van der Waals surface area contributed by atoms with Gasteiger partial charge in [-0.2, -0.15) is 0 Å². The van der Waals surface area contributed by atoms with E-state index in [0.29, 0.717) is 34.2 Å². The number of ether oxygens (including phenoxy) is 3. The number of rotatable bonds is 10. The minimum Gasteiger partial charge on any atom is -0.493 e. The molecule has 0 aliphatic carbocycles. The van der Waals surface area contributed by atoms with Crippen LogP contribution in [0.4, 0.5) is 5.69 Å². The molecule has 8 heteroatoms. The first-order chi connectivity index (χ1) is 15.4. The normalized spacial score (nSPS) is 12.3. The van der Waals surface area contributed by atoms with Crippen LogP contribution in [0.2, 0.25) is 0 Å². The van der Waals surface area contributed by atoms with E-state index in [0.717, 1.165) is 10.5 Å². The van der Waals surface area contributed by atoms with E-state index in [-0.39, 0.29) is 11.2 Å². The largest absolute Gasteiger partial charge is 0.493 e. The predicted octanol–water partition coefficient (Wildman–Crippen LogP) is 5.16. The number of carbonyl (C=O) groups excluding carboxylic acids is 1. The summed E-state index contributed by atoms with van der Waals surface area (Å²) in [6.45, 7) is 7.68. The molecule has 0 aromatic heterocycles. The zero-order valence-electron chi connectivity index (χ0n) is 19.0. The van der Waals surface area contributed by atoms with E-state index in [9.17, 15) is 4.79 Å². The fourth-order valence-electron chi connectivity index (χ4n) is 2.96. The maximum absolute atomic E-state index is 13.1. The first kappa shape index (κ1) is 24.9. The standard InChI is InChI=1S/C24H29N3O4S/c1-7-26-14-22(15(2)25)32-16(3)18-10-8-9-11-19(18)27-24(28)17-12-20(29-4)23(31-6)21(13-17)30-5/h7-14,16H,2,25H2,1,3-6H3,(H,27,28)/b22-14+,26-7?. The molecule has 0 aliphatic heterocycles. The van der Waals surface area contributed by atoms with Crippen molar-refractivity contribution in [3.63, 3.8) is 0 Å². The van der Waals surface area contributed by atoms with E-state index in [4.69, 9.17) is 19.9 Å². The third kappa shape index (κ3) is 6.07. The maximum Gasteiger partial charge on any atom is 0.255 e. The number of benzene rings is 2. The number of aliphatic imine (C=N–C) groups is 1. The molecule has 2 aromatic rings. The van der Waals surface area contributed by atoms with Gasteiger partial charge in [-0.15, -0.1) is 11.8 Å². The van der Waals surface area contributed by atoms with Crippen molar-refractivity contribution < 1.29 is 19.0 Å². The Kier molecular flexibility index (Phi) is 9.22. The number of nitrogens with one attached hydrogen (secondary N) is 1. The molecule has 7 nitrogen and oxygen atoms in total. The Morgan fingerprint density at radius 1 is 1.16 bits per heavy atom. The Labute approximate surface area is 193 Å². The van der Waals surface area contributed by atoms with Crippen molar-refractivity contribution in [1.82, 2.24) is 0 Å². The molecule has 0 radical (unpaired) electrons. The van der Waals surface area contributed by atoms with Gasteiger partial charge in [0.15, 0.2) is 11.5 Å². The van der Waals surface area contributed by atoms with Crippen LogP contribution < -0.4 is 25.3 Å². The van der Waals surface area contributed by atoms with Crippen molar-refractivity contribution in [1.29, 1.82) is 0 Å². The molecule has 2 aromatic carbocycles. The number of hydrogen-bond acceptors (Lipinski definition) is 7. The summed E-state index contributed by atoms with van der Waals surface area (Å²) < 4.78 is 16.0. The molecule has 0 heterocycles. The molecule has 0 spiro atoms. The number of carbonyl (C=O) groups is 1. The molecule has 0 bridgehead atoms. The summed E-state index contributed by atoms with van der Waals surface area (Å²) in [5.41, 5.74) is 8.35. The van der Waals surface area contributed by atoms with E-state index < -0.39 is 0 Å². The van der Waals surface area contributed by atoms with Crippen molar-refractivity contribution >= 4 is 29.6 Å². The van der Waals surface area contributed by atoms with E-state index in [2.05, 4.69) is 16.9 Å². The average Bonchev–Trinajstić information content (AvgIpc) is 2.80. The molecule has 0 saturated heterocycles. The molecule has 2 rings (SSSR count). The summed E-state index contributed by atoms with van der Waals surface area (Å²) in [7, 11) is 4.53. The topological polar surface area (TPSA) is 95.2 Å². The Balaban J connectivity index is 2.34. The van der Waals surface area contributed by atoms with Crippen LogP contribution >= 0.6 is 11.8 Å². The molecule has 32 heavy (non-hydrogen) atoms. The highest BCUT2D eigenvalue weighted by molar-refractivity contribution is 8.03. The van der Waals surface area contributed by atoms with Crippen molar-refractivity contribution in [2.75, 3.05) is 26.6 Å². The number of anilines is 1. The van der Waals surface area contributed by atoms with Gasteiger partial charge in [0, 0.05) is 39.5 Å². The molecule has 170 valence electrons. The number of amides is 1. The van der Waals surface area contributed by atoms with E-state index in [1.807, 2.05) is 38.1 Å². The lowest BCUT2D eigenvalue weighted by Crippen LogP contribution is -2.14. The first-order valence-electron chi connectivity index (χ1n) is 9.85. The van der Waals surface area contributed by atoms with Gasteiger partial charge in [-0.05, 0) is 37.6 Å². The van der Waals surface area contributed by atoms with Crippen molar-refractivity contribution in [2.45, 2.75) is 19.1 Å². The lowest BCUT2D eigenvalue weighted by Gasteiger charge is -2.19. The maximum atomic E-state index is 13.1. The zero-order valence-corrected chi connectivity index (χ0v) is 19.8. The lowest BCUT2D eigenvalue weighted by atomic mass is 10.1. The SMILES string of the molecule is C=C(N)/C(=C\N=CC)SC(C)c1ccccc1NC(=O)c1cc(OC)c(OC)c(OC)c1. The molecule has 0 saturated carbocycles. The molecular weight excluding hydrogens is 426 g/mol. The van der Waals surface area contributed by atoms with E-state index >= 15 is 0 Å². The van der Waals surface area contributed by atoms with Crippen LogP contribution in [0.1, 0.15) is 35.0 Å². The molecule has 0 aliphatic rings. The highest BCUT2D eigenvalue weighted by Crippen LogP contribution is 2.40. The number of nitrogens with two attached hydrogens (primary N) is 1. The quantitative estimate of drug-likeness (QED) is 0.379. The van der Waals surface area contributed by atoms with Crippen LogP contribution in [-0.2, 0) is 0 Å². The second kappa shape index (κ2) is 11.9. The highest BCUT2D eigenvalue weighted by atomic mass is 32.2. The van der Waals surface area contributed by atoms with Crippen LogP contribution in [-0.4, -0.2) is 33.5 Å². The van der Waals surface area contributed by atoms with Crippen LogP contribution in [0.3, 0.4) is 0 Å². The third-order valence-electron chi connectivity index (χ3n) is 4.53. The monoisotopic (exact) mass is 455 g/mol. The number of methoxy groups -OCH3 is 3. The summed E-state index contributed by atoms with van der Waals surface area (Å²) >= 11 is 1.51. The minimum absolute atomic E-state index is 0.0231. The minimum atomic E-state index is -0.302. The van der Waals surface area contributed by atoms with Gasteiger partial charge in [0.25, 0.3) is 5.91 Å². The van der Waals surface area contributed by atoms with Crippen molar-refractivity contribution in [3.05, 3.63) is 70.9 Å². The van der Waals surface area contributed by atoms with Crippen molar-refractivity contribution in [2.24, 2.45) is 10.7 Å². The molecule has 3 N–H and O–H groups in total. The average molecular weight is 456 g/mol. The van der Waals surface area contributed by atoms with Crippen LogP contribution in [0.5, 0.6) is 17.2 Å². The summed E-state index contributed by atoms with van der Waals surface area (Å²) in [5, 5.41) is 2.96. The summed E-state index contributed by atoms with van der Waals surface area (Å²) in [6.07, 6.45) is 3.36. The summed E-state index contributed by atoms with van der Waals surface area (Å²) in [6, 6.07) is 10.8. The molecular formula is C24H29N3O4S. The molecule has 1 amide bonds. The second-order valence-corrected chi connectivity index (χ2v) is 8.02. The van der Waals surface area contributed by atoms with E-state index in [1.54, 1.807) is 24.5 Å². The Bertz CT molecular complexity index is 1010. The summed E-state index contributed by atoms with van der Waals surface area (Å²) in [4.78, 5) is 18.0. The van der Waals surface area contributed by atoms with Crippen LogP contribution in [0.25, 0.3) is 0 Å². The molecule has 0 fully saturated rings. The van der Waals surface area contributed by atoms with Gasteiger partial charge in [-0.3, -0.25) is 9.79 Å². The van der Waals surface area contributed by atoms with Gasteiger partial charge in [-0.25, -0.2) is 0 Å². The number of nitrogens with zero attached hydrogens (tertiary/aromatic N) is 1. The summed E-state index contributed by atoms with van der Waals surface area (Å²) in [5.74, 6) is 0.931. The van der Waals surface area contributed by atoms with E-state index in [1.165, 1.54) is 33.1 Å².